The number of hydrogen-bond donors (Lipinski definition) is 3. The maximum Gasteiger partial charge on any atom is 0.170 e. The van der Waals surface area contributed by atoms with Gasteiger partial charge in [-0.15, -0.1) is 0 Å². The van der Waals surface area contributed by atoms with E-state index < -0.39 is 5.82 Å². The largest absolute Gasteiger partial charge is 0.508 e. The molecule has 3 rings (SSSR count). The van der Waals surface area contributed by atoms with Crippen LogP contribution in [0.2, 0.25) is 10.0 Å². The van der Waals surface area contributed by atoms with Crippen LogP contribution in [-0.2, 0) is 0 Å². The lowest BCUT2D eigenvalue weighted by Crippen LogP contribution is -2.15. The number of aromatic hydroxyl groups is 1. The smallest absolute Gasteiger partial charge is 0.170 e. The van der Waals surface area contributed by atoms with Gasteiger partial charge in [0.05, 0.1) is 10.0 Å². The van der Waals surface area contributed by atoms with Gasteiger partial charge in [-0.3, -0.25) is 0 Å². The Morgan fingerprint density at radius 3 is 2.31 bits per heavy atom. The van der Waals surface area contributed by atoms with E-state index in [2.05, 4.69) is 5.16 Å². The lowest BCUT2D eigenvalue weighted by Gasteiger charge is -2.16. The fraction of sp³-hybridized carbons (Fsp3) is 0. The Morgan fingerprint density at radius 2 is 1.65 bits per heavy atom. The van der Waals surface area contributed by atoms with Crippen LogP contribution in [0.5, 0.6) is 5.75 Å². The van der Waals surface area contributed by atoms with Crippen molar-refractivity contribution in [3.05, 3.63) is 76.0 Å². The molecule has 0 saturated heterocycles. The summed E-state index contributed by atoms with van der Waals surface area (Å²) >= 11 is 11.9. The molecule has 0 atom stereocenters. The Labute approximate surface area is 158 Å². The van der Waals surface area contributed by atoms with Crippen LogP contribution in [0.1, 0.15) is 5.56 Å². The maximum atomic E-state index is 14.9. The summed E-state index contributed by atoms with van der Waals surface area (Å²) in [5, 5.41) is 21.5. The minimum atomic E-state index is -0.711. The summed E-state index contributed by atoms with van der Waals surface area (Å²) in [5.74, 6) is -0.785. The van der Waals surface area contributed by atoms with Crippen LogP contribution in [0.15, 0.2) is 59.8 Å². The van der Waals surface area contributed by atoms with Gasteiger partial charge in [0.15, 0.2) is 11.7 Å². The van der Waals surface area contributed by atoms with Crippen molar-refractivity contribution in [3.63, 3.8) is 0 Å². The molecule has 0 unspecified atom stereocenters. The van der Waals surface area contributed by atoms with Crippen molar-refractivity contribution < 1.29 is 14.7 Å². The molecule has 0 radical (unpaired) electrons. The molecule has 0 saturated carbocycles. The Balaban J connectivity index is 2.38. The molecule has 0 fully saturated rings. The summed E-state index contributed by atoms with van der Waals surface area (Å²) in [6.45, 7) is 0. The van der Waals surface area contributed by atoms with Gasteiger partial charge in [0.1, 0.15) is 5.75 Å². The van der Waals surface area contributed by atoms with Crippen molar-refractivity contribution in [3.8, 4) is 28.0 Å². The Kier molecular flexibility index (Phi) is 5.02. The average Bonchev–Trinajstić information content (AvgIpc) is 2.66. The molecular formula is C19H13Cl2FN2O2. The number of phenols is 1. The van der Waals surface area contributed by atoms with Gasteiger partial charge in [-0.05, 0) is 35.4 Å². The van der Waals surface area contributed by atoms with Gasteiger partial charge in [-0.25, -0.2) is 4.39 Å². The van der Waals surface area contributed by atoms with Crippen molar-refractivity contribution >= 4 is 29.0 Å². The normalized spacial score (nSPS) is 11.6. The van der Waals surface area contributed by atoms with Gasteiger partial charge < -0.3 is 16.0 Å². The lowest BCUT2D eigenvalue weighted by molar-refractivity contribution is 0.318. The molecule has 4 nitrogen and oxygen atoms in total. The molecule has 0 amide bonds. The molecule has 0 aliphatic rings. The van der Waals surface area contributed by atoms with Crippen molar-refractivity contribution in [2.24, 2.45) is 10.9 Å². The van der Waals surface area contributed by atoms with E-state index in [4.69, 9.17) is 34.1 Å². The molecular weight excluding hydrogens is 378 g/mol. The zero-order chi connectivity index (χ0) is 18.8. The minimum Gasteiger partial charge on any atom is -0.508 e. The second kappa shape index (κ2) is 7.23. The van der Waals surface area contributed by atoms with Crippen LogP contribution in [0, 0.1) is 5.82 Å². The highest BCUT2D eigenvalue weighted by Crippen LogP contribution is 2.40. The fourth-order valence-corrected chi connectivity index (χ4v) is 3.02. The topological polar surface area (TPSA) is 78.8 Å². The molecule has 26 heavy (non-hydrogen) atoms. The molecule has 7 heteroatoms. The van der Waals surface area contributed by atoms with Crippen LogP contribution < -0.4 is 5.73 Å². The fourth-order valence-electron chi connectivity index (χ4n) is 2.71. The van der Waals surface area contributed by atoms with E-state index in [1.807, 2.05) is 0 Å². The molecule has 0 aliphatic carbocycles. The first-order valence-corrected chi connectivity index (χ1v) is 8.23. The monoisotopic (exact) mass is 390 g/mol. The highest BCUT2D eigenvalue weighted by molar-refractivity contribution is 6.42. The summed E-state index contributed by atoms with van der Waals surface area (Å²) in [7, 11) is 0. The van der Waals surface area contributed by atoms with Crippen LogP contribution >= 0.6 is 23.2 Å². The number of oxime groups is 1. The average molecular weight is 391 g/mol. The second-order valence-corrected chi connectivity index (χ2v) is 6.27. The van der Waals surface area contributed by atoms with Crippen LogP contribution in [0.25, 0.3) is 22.3 Å². The van der Waals surface area contributed by atoms with Crippen LogP contribution in [0.4, 0.5) is 4.39 Å². The molecule has 4 N–H and O–H groups in total. The molecule has 132 valence electrons. The van der Waals surface area contributed by atoms with Gasteiger partial charge in [0, 0.05) is 16.7 Å². The Hall–Kier alpha value is -2.76. The number of amidine groups is 1. The second-order valence-electron chi connectivity index (χ2n) is 5.48. The molecule has 0 heterocycles. The van der Waals surface area contributed by atoms with E-state index in [0.29, 0.717) is 22.3 Å². The van der Waals surface area contributed by atoms with Crippen molar-refractivity contribution in [2.45, 2.75) is 0 Å². The summed E-state index contributed by atoms with van der Waals surface area (Å²) in [5.41, 5.74) is 8.00. The zero-order valence-corrected chi connectivity index (χ0v) is 14.8. The standard InChI is InChI=1S/C19H13Cl2FN2O2/c20-15-9-8-13(18(22)17(15)21)16-12(10-4-6-11(25)7-5-10)2-1-3-14(16)19(23)24-26/h1-9,25-26H,(H2,23,24). The van der Waals surface area contributed by atoms with Gasteiger partial charge in [-0.1, -0.05) is 58.7 Å². The first-order chi connectivity index (χ1) is 12.4. The third-order valence-corrected chi connectivity index (χ3v) is 4.71. The molecule has 3 aromatic rings. The number of halogens is 3. The minimum absolute atomic E-state index is 0.0837. The van der Waals surface area contributed by atoms with E-state index in [1.54, 1.807) is 30.3 Å². The number of benzene rings is 3. The summed E-state index contributed by atoms with van der Waals surface area (Å²) in [4.78, 5) is 0. The number of nitrogens with two attached hydrogens (primary N) is 1. The van der Waals surface area contributed by atoms with Crippen molar-refractivity contribution in [2.75, 3.05) is 0 Å². The third-order valence-electron chi connectivity index (χ3n) is 3.93. The lowest BCUT2D eigenvalue weighted by atomic mass is 9.89. The van der Waals surface area contributed by atoms with E-state index in [0.717, 1.165) is 0 Å². The zero-order valence-electron chi connectivity index (χ0n) is 13.2. The summed E-state index contributed by atoms with van der Waals surface area (Å²) < 4.78 is 14.9. The molecule has 0 bridgehead atoms. The highest BCUT2D eigenvalue weighted by Gasteiger charge is 2.20. The summed E-state index contributed by atoms with van der Waals surface area (Å²) in [6, 6.07) is 14.4. The molecule has 3 aromatic carbocycles. The molecule has 0 spiro atoms. The number of hydrogen-bond acceptors (Lipinski definition) is 3. The van der Waals surface area contributed by atoms with Crippen LogP contribution in [0.3, 0.4) is 0 Å². The predicted octanol–water partition coefficient (Wildman–Crippen LogP) is 5.27. The first-order valence-electron chi connectivity index (χ1n) is 7.48. The quantitative estimate of drug-likeness (QED) is 0.187. The first kappa shape index (κ1) is 18.0. The molecule has 0 aliphatic heterocycles. The van der Waals surface area contributed by atoms with E-state index in [-0.39, 0.29) is 27.2 Å². The highest BCUT2D eigenvalue weighted by atomic mass is 35.5. The molecule has 0 aromatic heterocycles. The number of rotatable bonds is 3. The number of phenolic OH excluding ortho intramolecular Hbond substituents is 1. The predicted molar refractivity (Wildman–Crippen MR) is 101 cm³/mol. The van der Waals surface area contributed by atoms with Gasteiger partial charge in [-0.2, -0.15) is 0 Å². The number of nitrogens with zero attached hydrogens (tertiary/aromatic N) is 1. The summed E-state index contributed by atoms with van der Waals surface area (Å²) in [6.07, 6.45) is 0. The van der Waals surface area contributed by atoms with Crippen molar-refractivity contribution in [1.82, 2.24) is 0 Å². The van der Waals surface area contributed by atoms with E-state index >= 15 is 0 Å². The van der Waals surface area contributed by atoms with Gasteiger partial charge >= 0.3 is 0 Å². The van der Waals surface area contributed by atoms with Gasteiger partial charge in [0.25, 0.3) is 0 Å². The van der Waals surface area contributed by atoms with E-state index in [1.165, 1.54) is 24.3 Å². The van der Waals surface area contributed by atoms with Crippen molar-refractivity contribution in [1.29, 1.82) is 0 Å². The third kappa shape index (κ3) is 3.19. The maximum absolute atomic E-state index is 14.9. The Bertz CT molecular complexity index is 1010. The SMILES string of the molecule is NC(=NO)c1cccc(-c2ccc(O)cc2)c1-c1ccc(Cl)c(Cl)c1F. The van der Waals surface area contributed by atoms with Gasteiger partial charge in [0.2, 0.25) is 0 Å². The van der Waals surface area contributed by atoms with Crippen LogP contribution in [-0.4, -0.2) is 16.1 Å². The van der Waals surface area contributed by atoms with E-state index in [9.17, 15) is 9.50 Å². The Morgan fingerprint density at radius 1 is 0.962 bits per heavy atom.